The van der Waals surface area contributed by atoms with Gasteiger partial charge in [0.25, 0.3) is 0 Å². The first-order valence-corrected chi connectivity index (χ1v) is 9.06. The van der Waals surface area contributed by atoms with E-state index in [1.807, 2.05) is 19.1 Å². The zero-order valence-electron chi connectivity index (χ0n) is 12.9. The fourth-order valence-corrected chi connectivity index (χ4v) is 3.37. The highest BCUT2D eigenvalue weighted by atomic mass is 127. The Hall–Kier alpha value is -0.270. The quantitative estimate of drug-likeness (QED) is 0.552. The second-order valence-corrected chi connectivity index (χ2v) is 6.81. The fourth-order valence-electron chi connectivity index (χ4n) is 2.88. The average molecular weight is 406 g/mol. The fraction of sp³-hybridized carbons (Fsp3) is 0.688. The SMILES string of the molecule is C[C@@H]1CN([C@@H](C)[C@H](C)C(F)c2ccccn2)C[C@H](CI)O1. The summed E-state index contributed by atoms with van der Waals surface area (Å²) in [4.78, 5) is 6.51. The van der Waals surface area contributed by atoms with Crippen LogP contribution in [0.5, 0.6) is 0 Å². The molecule has 2 rings (SSSR count). The van der Waals surface area contributed by atoms with Crippen LogP contribution in [0.4, 0.5) is 4.39 Å². The number of pyridine rings is 1. The van der Waals surface area contributed by atoms with Gasteiger partial charge in [-0.25, -0.2) is 4.39 Å². The van der Waals surface area contributed by atoms with Crippen LogP contribution < -0.4 is 0 Å². The van der Waals surface area contributed by atoms with Gasteiger partial charge in [-0.2, -0.15) is 0 Å². The Morgan fingerprint density at radius 3 is 2.81 bits per heavy atom. The van der Waals surface area contributed by atoms with Crippen LogP contribution in [0, 0.1) is 5.92 Å². The van der Waals surface area contributed by atoms with Gasteiger partial charge in [0.2, 0.25) is 0 Å². The van der Waals surface area contributed by atoms with Gasteiger partial charge in [-0.15, -0.1) is 0 Å². The van der Waals surface area contributed by atoms with Crippen molar-refractivity contribution in [3.8, 4) is 0 Å². The Labute approximate surface area is 140 Å². The molecule has 1 aromatic heterocycles. The number of halogens is 2. The van der Waals surface area contributed by atoms with Gasteiger partial charge >= 0.3 is 0 Å². The van der Waals surface area contributed by atoms with Crippen molar-refractivity contribution in [2.75, 3.05) is 17.5 Å². The molecule has 0 N–H and O–H groups in total. The van der Waals surface area contributed by atoms with E-state index in [2.05, 4.69) is 46.3 Å². The molecular weight excluding hydrogens is 382 g/mol. The van der Waals surface area contributed by atoms with E-state index in [-0.39, 0.29) is 24.2 Å². The van der Waals surface area contributed by atoms with Gasteiger partial charge in [0, 0.05) is 35.7 Å². The lowest BCUT2D eigenvalue weighted by Gasteiger charge is -2.42. The van der Waals surface area contributed by atoms with E-state index in [4.69, 9.17) is 4.74 Å². The summed E-state index contributed by atoms with van der Waals surface area (Å²) in [6.45, 7) is 7.93. The van der Waals surface area contributed by atoms with Crippen LogP contribution in [0.2, 0.25) is 0 Å². The first-order valence-electron chi connectivity index (χ1n) is 7.53. The summed E-state index contributed by atoms with van der Waals surface area (Å²) >= 11 is 2.35. The summed E-state index contributed by atoms with van der Waals surface area (Å²) < 4.78 is 21.5. The number of nitrogens with zero attached hydrogens (tertiary/aromatic N) is 2. The second-order valence-electron chi connectivity index (χ2n) is 5.93. The van der Waals surface area contributed by atoms with Gasteiger partial charge in [-0.1, -0.05) is 35.6 Å². The molecular formula is C16H24FIN2O. The van der Waals surface area contributed by atoms with Crippen molar-refractivity contribution >= 4 is 22.6 Å². The van der Waals surface area contributed by atoms with Gasteiger partial charge < -0.3 is 4.74 Å². The van der Waals surface area contributed by atoms with Crippen LogP contribution in [0.25, 0.3) is 0 Å². The molecule has 5 atom stereocenters. The summed E-state index contributed by atoms with van der Waals surface area (Å²) in [5, 5.41) is 0. The van der Waals surface area contributed by atoms with Crippen molar-refractivity contribution in [1.82, 2.24) is 9.88 Å². The second kappa shape index (κ2) is 7.83. The van der Waals surface area contributed by atoms with Crippen LogP contribution in [0.1, 0.15) is 32.6 Å². The van der Waals surface area contributed by atoms with Crippen LogP contribution in [0.15, 0.2) is 24.4 Å². The van der Waals surface area contributed by atoms with Crippen molar-refractivity contribution in [1.29, 1.82) is 0 Å². The Morgan fingerprint density at radius 2 is 2.19 bits per heavy atom. The zero-order valence-corrected chi connectivity index (χ0v) is 15.0. The third kappa shape index (κ3) is 4.36. The Morgan fingerprint density at radius 1 is 1.43 bits per heavy atom. The van der Waals surface area contributed by atoms with E-state index in [0.29, 0.717) is 5.69 Å². The molecule has 0 aromatic carbocycles. The molecule has 3 nitrogen and oxygen atoms in total. The van der Waals surface area contributed by atoms with Gasteiger partial charge in [0.05, 0.1) is 17.9 Å². The molecule has 1 aliphatic heterocycles. The lowest BCUT2D eigenvalue weighted by atomic mass is 9.93. The van der Waals surface area contributed by atoms with Crippen molar-refractivity contribution in [2.45, 2.75) is 45.2 Å². The molecule has 0 bridgehead atoms. The number of alkyl halides is 2. The molecule has 118 valence electrons. The summed E-state index contributed by atoms with van der Waals surface area (Å²) in [6, 6.07) is 5.59. The van der Waals surface area contributed by atoms with Crippen LogP contribution in [-0.2, 0) is 4.74 Å². The molecule has 5 heteroatoms. The molecule has 1 unspecified atom stereocenters. The molecule has 1 fully saturated rings. The minimum absolute atomic E-state index is 0.0972. The summed E-state index contributed by atoms with van der Waals surface area (Å²) in [6.07, 6.45) is 1.08. The number of ether oxygens (including phenoxy) is 1. The zero-order chi connectivity index (χ0) is 15.4. The van der Waals surface area contributed by atoms with Crippen LogP contribution >= 0.6 is 22.6 Å². The van der Waals surface area contributed by atoms with E-state index in [0.717, 1.165) is 17.5 Å². The predicted octanol–water partition coefficient (Wildman–Crippen LogP) is 3.64. The number of morpholine rings is 1. The molecule has 21 heavy (non-hydrogen) atoms. The molecule has 0 aliphatic carbocycles. The maximum absolute atomic E-state index is 14.7. The van der Waals surface area contributed by atoms with Crippen LogP contribution in [0.3, 0.4) is 0 Å². The number of hydrogen-bond acceptors (Lipinski definition) is 3. The summed E-state index contributed by atoms with van der Waals surface area (Å²) in [5.41, 5.74) is 0.531. The minimum Gasteiger partial charge on any atom is -0.372 e. The summed E-state index contributed by atoms with van der Waals surface area (Å²) in [5.74, 6) is -0.0972. The average Bonchev–Trinajstić information content (AvgIpc) is 2.52. The number of hydrogen-bond donors (Lipinski definition) is 0. The molecule has 0 amide bonds. The maximum atomic E-state index is 14.7. The lowest BCUT2D eigenvalue weighted by molar-refractivity contribution is -0.0847. The smallest absolute Gasteiger partial charge is 0.146 e. The lowest BCUT2D eigenvalue weighted by Crippen LogP contribution is -2.52. The molecule has 2 heterocycles. The highest BCUT2D eigenvalue weighted by Gasteiger charge is 2.33. The highest BCUT2D eigenvalue weighted by Crippen LogP contribution is 2.30. The van der Waals surface area contributed by atoms with E-state index in [1.54, 1.807) is 12.3 Å². The Bertz CT molecular complexity index is 434. The van der Waals surface area contributed by atoms with E-state index >= 15 is 0 Å². The summed E-state index contributed by atoms with van der Waals surface area (Å²) in [7, 11) is 0. The third-order valence-corrected chi connectivity index (χ3v) is 5.28. The topological polar surface area (TPSA) is 25.4 Å². The van der Waals surface area contributed by atoms with Gasteiger partial charge in [0.1, 0.15) is 6.17 Å². The van der Waals surface area contributed by atoms with Gasteiger partial charge in [-0.3, -0.25) is 9.88 Å². The molecule has 1 aliphatic rings. The van der Waals surface area contributed by atoms with Gasteiger partial charge in [0.15, 0.2) is 0 Å². The highest BCUT2D eigenvalue weighted by molar-refractivity contribution is 14.1. The van der Waals surface area contributed by atoms with Crippen molar-refractivity contribution in [3.05, 3.63) is 30.1 Å². The normalized spacial score (nSPS) is 28.0. The maximum Gasteiger partial charge on any atom is 0.146 e. The first-order chi connectivity index (χ1) is 10.0. The Balaban J connectivity index is 2.02. The monoisotopic (exact) mass is 406 g/mol. The van der Waals surface area contributed by atoms with Crippen LogP contribution in [-0.4, -0.2) is 45.7 Å². The van der Waals surface area contributed by atoms with Gasteiger partial charge in [-0.05, 0) is 26.0 Å². The standard InChI is InChI=1S/C16H24FIN2O/c1-11-9-20(10-14(8-18)21-11)13(3)12(2)16(17)15-6-4-5-7-19-15/h4-7,11-14,16H,8-10H2,1-3H3/t11-,12+,13+,14+,16?/m1/s1. The van der Waals surface area contributed by atoms with Crippen molar-refractivity contribution in [3.63, 3.8) is 0 Å². The molecule has 1 aromatic rings. The molecule has 0 radical (unpaired) electrons. The first kappa shape index (κ1) is 17.1. The largest absolute Gasteiger partial charge is 0.372 e. The number of aromatic nitrogens is 1. The molecule has 0 saturated carbocycles. The van der Waals surface area contributed by atoms with E-state index in [1.165, 1.54) is 0 Å². The molecule has 0 spiro atoms. The van der Waals surface area contributed by atoms with Crippen molar-refractivity contribution in [2.24, 2.45) is 5.92 Å². The van der Waals surface area contributed by atoms with E-state index in [9.17, 15) is 4.39 Å². The number of rotatable bonds is 5. The predicted molar refractivity (Wildman–Crippen MR) is 91.5 cm³/mol. The van der Waals surface area contributed by atoms with Crippen molar-refractivity contribution < 1.29 is 9.13 Å². The minimum atomic E-state index is -1.03. The Kier molecular flexibility index (Phi) is 6.37. The molecule has 1 saturated heterocycles. The van der Waals surface area contributed by atoms with E-state index < -0.39 is 6.17 Å². The third-order valence-electron chi connectivity index (χ3n) is 4.30.